The molecule has 0 radical (unpaired) electrons. The van der Waals surface area contributed by atoms with Crippen LogP contribution in [0.5, 0.6) is 0 Å². The van der Waals surface area contributed by atoms with Crippen molar-refractivity contribution in [3.63, 3.8) is 0 Å². The fraction of sp³-hybridized carbons (Fsp3) is 0.750. The minimum atomic E-state index is -4.73. The molecule has 1 rings (SSSR count). The van der Waals surface area contributed by atoms with Gasteiger partial charge < -0.3 is 29.9 Å². The van der Waals surface area contributed by atoms with Gasteiger partial charge in [-0.05, 0) is 77.0 Å². The highest BCUT2D eigenvalue weighted by Crippen LogP contribution is 2.43. The molecule has 1 aliphatic heterocycles. The van der Waals surface area contributed by atoms with E-state index in [2.05, 4.69) is 54.8 Å². The number of ether oxygens (including phenoxy) is 3. The van der Waals surface area contributed by atoms with Gasteiger partial charge in [-0.25, -0.2) is 4.57 Å². The molecular formula is C44H76NO11P. The molecule has 57 heavy (non-hydrogen) atoms. The van der Waals surface area contributed by atoms with E-state index in [-0.39, 0.29) is 19.4 Å². The van der Waals surface area contributed by atoms with Crippen molar-refractivity contribution in [2.45, 2.75) is 192 Å². The van der Waals surface area contributed by atoms with Gasteiger partial charge in [-0.15, -0.1) is 0 Å². The van der Waals surface area contributed by atoms with Crippen LogP contribution in [-0.4, -0.2) is 72.1 Å². The quantitative estimate of drug-likeness (QED) is 0.0175. The Morgan fingerprint density at radius 2 is 1.11 bits per heavy atom. The van der Waals surface area contributed by atoms with E-state index in [0.29, 0.717) is 31.5 Å². The maximum Gasteiger partial charge on any atom is 0.472 e. The molecule has 1 fully saturated rings. The summed E-state index contributed by atoms with van der Waals surface area (Å²) in [5.41, 5.74) is 5.33. The van der Waals surface area contributed by atoms with Crippen LogP contribution in [0, 0.1) is 0 Å². The summed E-state index contributed by atoms with van der Waals surface area (Å²) in [6.07, 6.45) is 40.7. The number of esters is 2. The molecule has 0 spiro atoms. The van der Waals surface area contributed by atoms with Gasteiger partial charge in [-0.1, -0.05) is 127 Å². The average molecular weight is 826 g/mol. The van der Waals surface area contributed by atoms with Crippen molar-refractivity contribution in [1.29, 1.82) is 0 Å². The van der Waals surface area contributed by atoms with Crippen LogP contribution >= 0.6 is 7.82 Å². The zero-order chi connectivity index (χ0) is 41.8. The first kappa shape index (κ1) is 52.4. The summed E-state index contributed by atoms with van der Waals surface area (Å²) in [6.45, 7) is 2.69. The maximum atomic E-state index is 12.6. The Morgan fingerprint density at radius 3 is 1.75 bits per heavy atom. The zero-order valence-electron chi connectivity index (χ0n) is 35.1. The fourth-order valence-electron chi connectivity index (χ4n) is 5.86. The Morgan fingerprint density at radius 1 is 0.632 bits per heavy atom. The van der Waals surface area contributed by atoms with Crippen LogP contribution in [0.4, 0.5) is 0 Å². The summed E-state index contributed by atoms with van der Waals surface area (Å²) >= 11 is 0. The van der Waals surface area contributed by atoms with Crippen molar-refractivity contribution in [3.8, 4) is 0 Å². The summed E-state index contributed by atoms with van der Waals surface area (Å²) in [4.78, 5) is 45.9. The lowest BCUT2D eigenvalue weighted by Gasteiger charge is -2.20. The normalized spacial score (nSPS) is 17.8. The second-order valence-corrected chi connectivity index (χ2v) is 16.3. The van der Waals surface area contributed by atoms with Crippen LogP contribution in [0.2, 0.25) is 0 Å². The van der Waals surface area contributed by atoms with Crippen molar-refractivity contribution in [2.75, 3.05) is 19.8 Å². The second kappa shape index (κ2) is 35.4. The van der Waals surface area contributed by atoms with Crippen LogP contribution in [0.15, 0.2) is 48.6 Å². The van der Waals surface area contributed by atoms with Crippen molar-refractivity contribution in [3.05, 3.63) is 48.6 Å². The Labute approximate surface area is 343 Å². The largest absolute Gasteiger partial charge is 0.480 e. The third-order valence-electron chi connectivity index (χ3n) is 9.45. The predicted molar refractivity (Wildman–Crippen MR) is 226 cm³/mol. The molecule has 0 bridgehead atoms. The van der Waals surface area contributed by atoms with Gasteiger partial charge >= 0.3 is 25.7 Å². The summed E-state index contributed by atoms with van der Waals surface area (Å²) in [6, 6.07) is -1.53. The lowest BCUT2D eigenvalue weighted by atomic mass is 10.1. The van der Waals surface area contributed by atoms with E-state index in [1.165, 1.54) is 57.8 Å². The van der Waals surface area contributed by atoms with E-state index in [1.807, 2.05) is 12.2 Å². The highest BCUT2D eigenvalue weighted by atomic mass is 31.2. The highest BCUT2D eigenvalue weighted by Gasteiger charge is 2.36. The number of carboxylic acid groups (broad SMARTS) is 1. The summed E-state index contributed by atoms with van der Waals surface area (Å²) in [5, 5.41) is 8.89. The Hall–Kier alpha value is -2.60. The van der Waals surface area contributed by atoms with Crippen LogP contribution in [0.25, 0.3) is 0 Å². The molecule has 13 heteroatoms. The van der Waals surface area contributed by atoms with Crippen LogP contribution in [0.3, 0.4) is 0 Å². The van der Waals surface area contributed by atoms with Gasteiger partial charge in [0.2, 0.25) is 0 Å². The molecule has 1 saturated heterocycles. The van der Waals surface area contributed by atoms with Crippen molar-refractivity contribution < 1.29 is 52.2 Å². The number of phosphoric ester groups is 1. The number of hydrogen-bond acceptors (Lipinski definition) is 10. The molecule has 328 valence electrons. The van der Waals surface area contributed by atoms with Gasteiger partial charge in [0.15, 0.2) is 6.10 Å². The monoisotopic (exact) mass is 826 g/mol. The Kier molecular flexibility index (Phi) is 32.5. The van der Waals surface area contributed by atoms with Crippen molar-refractivity contribution >= 4 is 25.7 Å². The number of unbranched alkanes of at least 4 members (excludes halogenated alkanes) is 15. The summed E-state index contributed by atoms with van der Waals surface area (Å²) in [7, 11) is -4.73. The van der Waals surface area contributed by atoms with E-state index in [4.69, 9.17) is 29.6 Å². The summed E-state index contributed by atoms with van der Waals surface area (Å²) in [5.74, 6) is -2.47. The Bertz CT molecular complexity index is 1220. The van der Waals surface area contributed by atoms with Gasteiger partial charge in [0.05, 0.1) is 25.4 Å². The fourth-order valence-corrected chi connectivity index (χ4v) is 6.64. The number of carboxylic acids is 1. The van der Waals surface area contributed by atoms with Crippen LogP contribution < -0.4 is 5.73 Å². The molecule has 0 aromatic heterocycles. The summed E-state index contributed by atoms with van der Waals surface area (Å²) < 4.78 is 38.4. The first-order chi connectivity index (χ1) is 27.6. The molecule has 1 heterocycles. The second-order valence-electron chi connectivity index (χ2n) is 14.9. The van der Waals surface area contributed by atoms with Gasteiger partial charge in [0.1, 0.15) is 12.6 Å². The Balaban J connectivity index is 2.33. The number of carbonyl (C=O) groups excluding carboxylic acids is 2. The highest BCUT2D eigenvalue weighted by molar-refractivity contribution is 7.47. The van der Waals surface area contributed by atoms with E-state index in [0.717, 1.165) is 64.2 Å². The maximum absolute atomic E-state index is 12.6. The number of allylic oxidation sites excluding steroid dienone is 6. The molecule has 0 aromatic carbocycles. The lowest BCUT2D eigenvalue weighted by molar-refractivity contribution is -0.161. The van der Waals surface area contributed by atoms with E-state index >= 15 is 0 Å². The van der Waals surface area contributed by atoms with Crippen molar-refractivity contribution in [2.24, 2.45) is 5.73 Å². The van der Waals surface area contributed by atoms with Crippen molar-refractivity contribution in [1.82, 2.24) is 0 Å². The smallest absolute Gasteiger partial charge is 0.472 e. The number of rotatable bonds is 39. The van der Waals surface area contributed by atoms with Crippen LogP contribution in [0.1, 0.15) is 168 Å². The predicted octanol–water partition coefficient (Wildman–Crippen LogP) is 10.4. The molecule has 1 aliphatic rings. The van der Waals surface area contributed by atoms with E-state index < -0.39 is 51.1 Å². The number of epoxide rings is 1. The zero-order valence-corrected chi connectivity index (χ0v) is 36.0. The number of carbonyl (C=O) groups is 3. The third-order valence-corrected chi connectivity index (χ3v) is 10.4. The number of nitrogens with two attached hydrogens (primary N) is 1. The number of phosphoric acid groups is 1. The first-order valence-electron chi connectivity index (χ1n) is 21.8. The third kappa shape index (κ3) is 33.0. The number of aliphatic carboxylic acids is 1. The minimum Gasteiger partial charge on any atom is -0.480 e. The molecule has 5 atom stereocenters. The van der Waals surface area contributed by atoms with Gasteiger partial charge in [0.25, 0.3) is 0 Å². The molecule has 12 nitrogen and oxygen atoms in total. The minimum absolute atomic E-state index is 0.136. The van der Waals surface area contributed by atoms with Crippen LogP contribution in [-0.2, 0) is 42.2 Å². The molecule has 3 unspecified atom stereocenters. The van der Waals surface area contributed by atoms with E-state index in [9.17, 15) is 23.8 Å². The van der Waals surface area contributed by atoms with Gasteiger partial charge in [0, 0.05) is 12.8 Å². The molecule has 4 N–H and O–H groups in total. The molecule has 0 saturated carbocycles. The first-order valence-corrected chi connectivity index (χ1v) is 23.3. The SMILES string of the molecule is CCCCC/C=C\CC1OC1C/C=C\C/C=C\CCCC(=O)OC[C@H](COP(=O)(O)OC[C@H](N)C(=O)O)OC(=O)CCCCCCC/C=C\CCCCCCCC. The molecule has 0 aliphatic carbocycles. The molecule has 0 aromatic rings. The average Bonchev–Trinajstić information content (AvgIpc) is 3.94. The topological polar surface area (TPSA) is 184 Å². The van der Waals surface area contributed by atoms with Gasteiger partial charge in [-0.3, -0.25) is 23.4 Å². The lowest BCUT2D eigenvalue weighted by Crippen LogP contribution is -2.34. The number of hydrogen-bond donors (Lipinski definition) is 3. The molecular weight excluding hydrogens is 749 g/mol. The van der Waals surface area contributed by atoms with Gasteiger partial charge in [-0.2, -0.15) is 0 Å². The molecule has 0 amide bonds. The standard InChI is InChI=1S/C44H76NO11P/c1-3-5-7-9-11-12-13-14-15-16-17-18-21-26-30-34-43(47)55-38(36-53-57(50,51)54-37-39(45)44(48)49)35-52-42(46)33-29-25-22-19-20-24-28-32-41-40(56-41)31-27-23-10-8-6-4-2/h14-15,19,22-24,27-28,38-41H,3-13,16-18,20-21,25-26,29-37,45H2,1-2H3,(H,48,49)(H,50,51)/b15-14-,22-19-,27-23-,28-24-/t38-,39+,40?,41?/m1/s1. The van der Waals surface area contributed by atoms with E-state index in [1.54, 1.807) is 0 Å².